The lowest BCUT2D eigenvalue weighted by atomic mass is 10.1. The number of fused-ring (bicyclic) bond motifs is 1. The molecule has 0 radical (unpaired) electrons. The van der Waals surface area contributed by atoms with Crippen LogP contribution >= 0.6 is 11.6 Å². The van der Waals surface area contributed by atoms with Crippen molar-refractivity contribution in [1.29, 1.82) is 0 Å². The Morgan fingerprint density at radius 2 is 2.00 bits per heavy atom. The summed E-state index contributed by atoms with van der Waals surface area (Å²) in [5.41, 5.74) is 1.48. The Hall–Kier alpha value is -2.25. The van der Waals surface area contributed by atoms with Crippen LogP contribution in [0.5, 0.6) is 5.75 Å². The van der Waals surface area contributed by atoms with Gasteiger partial charge in [-0.2, -0.15) is 0 Å². The number of anilines is 1. The first-order valence-electron chi connectivity index (χ1n) is 8.60. The van der Waals surface area contributed by atoms with E-state index in [1.807, 2.05) is 30.3 Å². The standard InChI is InChI=1S/C19H21ClN2O4S/c1-27(24,25)22-12-10-18(26-17-8-7-15(20)13-16(17)22)19(23)21-11-9-14-5-3-2-4-6-14/h2-8,13,18H,9-12H2,1H3,(H,21,23)/t18-/m1/s1. The minimum Gasteiger partial charge on any atom is -0.478 e. The van der Waals surface area contributed by atoms with Crippen LogP contribution in [0.4, 0.5) is 5.69 Å². The lowest BCUT2D eigenvalue weighted by molar-refractivity contribution is -0.128. The quantitative estimate of drug-likeness (QED) is 0.825. The first-order chi connectivity index (χ1) is 12.8. The topological polar surface area (TPSA) is 75.7 Å². The number of carbonyl (C=O) groups excluding carboxylic acids is 1. The highest BCUT2D eigenvalue weighted by Gasteiger charge is 2.31. The van der Waals surface area contributed by atoms with Gasteiger partial charge in [0.1, 0.15) is 5.75 Å². The molecule has 144 valence electrons. The van der Waals surface area contributed by atoms with E-state index < -0.39 is 16.1 Å². The fourth-order valence-corrected chi connectivity index (χ4v) is 4.07. The molecular weight excluding hydrogens is 388 g/mol. The predicted octanol–water partition coefficient (Wildman–Crippen LogP) is 2.62. The van der Waals surface area contributed by atoms with Crippen LogP contribution in [0.2, 0.25) is 5.02 Å². The third-order valence-corrected chi connectivity index (χ3v) is 5.72. The predicted molar refractivity (Wildman–Crippen MR) is 106 cm³/mol. The molecule has 6 nitrogen and oxygen atoms in total. The van der Waals surface area contributed by atoms with Crippen molar-refractivity contribution >= 4 is 33.2 Å². The van der Waals surface area contributed by atoms with Gasteiger partial charge in [-0.15, -0.1) is 0 Å². The molecule has 2 aromatic rings. The van der Waals surface area contributed by atoms with Gasteiger partial charge < -0.3 is 10.1 Å². The van der Waals surface area contributed by atoms with E-state index >= 15 is 0 Å². The van der Waals surface area contributed by atoms with E-state index in [4.69, 9.17) is 16.3 Å². The number of rotatable bonds is 5. The highest BCUT2D eigenvalue weighted by Crippen LogP contribution is 2.36. The molecule has 0 aliphatic carbocycles. The van der Waals surface area contributed by atoms with E-state index in [1.165, 1.54) is 10.4 Å². The van der Waals surface area contributed by atoms with Gasteiger partial charge in [-0.05, 0) is 30.2 Å². The maximum Gasteiger partial charge on any atom is 0.261 e. The second-order valence-electron chi connectivity index (χ2n) is 6.37. The molecule has 1 aliphatic heterocycles. The third kappa shape index (κ3) is 4.93. The number of ether oxygens (including phenoxy) is 1. The zero-order chi connectivity index (χ0) is 19.4. The van der Waals surface area contributed by atoms with Crippen molar-refractivity contribution in [3.63, 3.8) is 0 Å². The molecule has 2 aromatic carbocycles. The summed E-state index contributed by atoms with van der Waals surface area (Å²) in [7, 11) is -3.52. The van der Waals surface area contributed by atoms with E-state index in [2.05, 4.69) is 5.32 Å². The molecule has 1 heterocycles. The maximum absolute atomic E-state index is 12.5. The van der Waals surface area contributed by atoms with Gasteiger partial charge in [0.15, 0.2) is 6.10 Å². The second-order valence-corrected chi connectivity index (χ2v) is 8.71. The molecule has 0 spiro atoms. The lowest BCUT2D eigenvalue weighted by Crippen LogP contribution is -2.40. The van der Waals surface area contributed by atoms with Crippen molar-refractivity contribution in [2.45, 2.75) is 18.9 Å². The monoisotopic (exact) mass is 408 g/mol. The fourth-order valence-electron chi connectivity index (χ4n) is 2.97. The van der Waals surface area contributed by atoms with Gasteiger partial charge in [0.2, 0.25) is 10.0 Å². The lowest BCUT2D eigenvalue weighted by Gasteiger charge is -2.21. The van der Waals surface area contributed by atoms with E-state index in [-0.39, 0.29) is 18.9 Å². The van der Waals surface area contributed by atoms with Gasteiger partial charge in [-0.1, -0.05) is 41.9 Å². The van der Waals surface area contributed by atoms with Gasteiger partial charge in [0.25, 0.3) is 5.91 Å². The summed E-state index contributed by atoms with van der Waals surface area (Å²) in [5.74, 6) is 0.0627. The largest absolute Gasteiger partial charge is 0.478 e. The minimum atomic E-state index is -3.52. The molecule has 1 atom stereocenters. The molecule has 8 heteroatoms. The molecule has 0 unspecified atom stereocenters. The Kier molecular flexibility index (Phi) is 5.92. The summed E-state index contributed by atoms with van der Waals surface area (Å²) in [5, 5.41) is 3.27. The summed E-state index contributed by atoms with van der Waals surface area (Å²) in [6.45, 7) is 0.620. The van der Waals surface area contributed by atoms with Crippen molar-refractivity contribution in [3.8, 4) is 5.75 Å². The number of hydrogen-bond donors (Lipinski definition) is 1. The molecular formula is C19H21ClN2O4S. The van der Waals surface area contributed by atoms with Gasteiger partial charge in [-0.3, -0.25) is 9.10 Å². The molecule has 0 saturated heterocycles. The molecule has 27 heavy (non-hydrogen) atoms. The minimum absolute atomic E-state index is 0.142. The number of benzene rings is 2. The number of hydrogen-bond acceptors (Lipinski definition) is 4. The van der Waals surface area contributed by atoms with Crippen LogP contribution < -0.4 is 14.4 Å². The van der Waals surface area contributed by atoms with E-state index in [1.54, 1.807) is 12.1 Å². The van der Waals surface area contributed by atoms with Gasteiger partial charge in [0, 0.05) is 24.5 Å². The molecule has 0 fully saturated rings. The molecule has 0 aromatic heterocycles. The summed E-state index contributed by atoms with van der Waals surface area (Å²) >= 11 is 6.01. The molecule has 1 amide bonds. The van der Waals surface area contributed by atoms with E-state index in [0.717, 1.165) is 11.8 Å². The average Bonchev–Trinajstić information content (AvgIpc) is 2.81. The van der Waals surface area contributed by atoms with Gasteiger partial charge in [-0.25, -0.2) is 8.42 Å². The normalized spacial score (nSPS) is 16.8. The van der Waals surface area contributed by atoms with Crippen LogP contribution in [0.15, 0.2) is 48.5 Å². The summed E-state index contributed by atoms with van der Waals surface area (Å²) in [6.07, 6.45) is 1.31. The number of nitrogens with one attached hydrogen (secondary N) is 1. The highest BCUT2D eigenvalue weighted by molar-refractivity contribution is 7.92. The van der Waals surface area contributed by atoms with Crippen LogP contribution in [0.3, 0.4) is 0 Å². The Balaban J connectivity index is 1.71. The Bertz CT molecular complexity index is 919. The van der Waals surface area contributed by atoms with Crippen molar-refractivity contribution < 1.29 is 17.9 Å². The van der Waals surface area contributed by atoms with Crippen LogP contribution in [-0.2, 0) is 21.2 Å². The first kappa shape index (κ1) is 19.5. The van der Waals surface area contributed by atoms with E-state index in [0.29, 0.717) is 29.4 Å². The average molecular weight is 409 g/mol. The number of amides is 1. The van der Waals surface area contributed by atoms with Crippen LogP contribution in [0, 0.1) is 0 Å². The molecule has 0 saturated carbocycles. The smallest absolute Gasteiger partial charge is 0.261 e. The number of sulfonamides is 1. The zero-order valence-corrected chi connectivity index (χ0v) is 16.5. The van der Waals surface area contributed by atoms with Crippen molar-refractivity contribution in [3.05, 3.63) is 59.1 Å². The highest BCUT2D eigenvalue weighted by atomic mass is 35.5. The second kappa shape index (κ2) is 8.19. The van der Waals surface area contributed by atoms with Gasteiger partial charge >= 0.3 is 0 Å². The van der Waals surface area contributed by atoms with Crippen molar-refractivity contribution in [2.24, 2.45) is 0 Å². The van der Waals surface area contributed by atoms with E-state index in [9.17, 15) is 13.2 Å². The Labute approximate surface area is 164 Å². The number of halogens is 1. The van der Waals surface area contributed by atoms with Crippen LogP contribution in [0.25, 0.3) is 0 Å². The molecule has 1 aliphatic rings. The zero-order valence-electron chi connectivity index (χ0n) is 14.9. The summed E-state index contributed by atoms with van der Waals surface area (Å²) in [6, 6.07) is 14.6. The SMILES string of the molecule is CS(=O)(=O)N1CC[C@H](C(=O)NCCc2ccccc2)Oc2ccc(Cl)cc21. The summed E-state index contributed by atoms with van der Waals surface area (Å²) in [4.78, 5) is 12.5. The Morgan fingerprint density at radius 1 is 1.26 bits per heavy atom. The fraction of sp³-hybridized carbons (Fsp3) is 0.316. The van der Waals surface area contributed by atoms with Crippen molar-refractivity contribution in [1.82, 2.24) is 5.32 Å². The third-order valence-electron chi connectivity index (χ3n) is 4.30. The first-order valence-corrected chi connectivity index (χ1v) is 10.8. The number of nitrogens with zero attached hydrogens (tertiary/aromatic N) is 1. The maximum atomic E-state index is 12.5. The number of carbonyl (C=O) groups is 1. The van der Waals surface area contributed by atoms with Crippen LogP contribution in [0.1, 0.15) is 12.0 Å². The van der Waals surface area contributed by atoms with Crippen molar-refractivity contribution in [2.75, 3.05) is 23.7 Å². The van der Waals surface area contributed by atoms with Crippen LogP contribution in [-0.4, -0.2) is 39.8 Å². The summed E-state index contributed by atoms with van der Waals surface area (Å²) < 4.78 is 31.3. The van der Waals surface area contributed by atoms with Gasteiger partial charge in [0.05, 0.1) is 11.9 Å². The molecule has 1 N–H and O–H groups in total. The molecule has 0 bridgehead atoms. The Morgan fingerprint density at radius 3 is 2.70 bits per heavy atom. The molecule has 3 rings (SSSR count).